The quantitative estimate of drug-likeness (QED) is 0.162. The van der Waals surface area contributed by atoms with Crippen LogP contribution in [0.25, 0.3) is 99.2 Å². The monoisotopic (exact) mass is 886 g/mol. The number of benzene rings is 8. The summed E-state index contributed by atoms with van der Waals surface area (Å²) < 4.78 is 11.2. The van der Waals surface area contributed by atoms with Crippen molar-refractivity contribution in [1.29, 1.82) is 0 Å². The standard InChI is InChI=1S/C48H28N2O.U/c1-2-12-31(13-3-1)32-14-10-15-35(28-32)49-42-20-7-4-16-36(42)40-29-33(24-26-44(40)49)34-25-27-45-41(30-34)37-17-5-8-21-43(37)50(45)46-22-11-19-39-38-18-6-9-23-47(38)51-48(39)46;/h1-12,14-27,29-30H;/q-2;+2. The normalized spacial score (nSPS) is 11.7. The van der Waals surface area contributed by atoms with E-state index in [1.165, 1.54) is 32.7 Å². The topological polar surface area (TPSA) is 23.0 Å². The molecule has 0 unspecified atom stereocenters. The van der Waals surface area contributed by atoms with Crippen LogP contribution in [0.15, 0.2) is 174 Å². The van der Waals surface area contributed by atoms with Crippen molar-refractivity contribution in [2.24, 2.45) is 0 Å². The van der Waals surface area contributed by atoms with Crippen molar-refractivity contribution in [3.05, 3.63) is 182 Å². The maximum atomic E-state index is 6.51. The minimum absolute atomic E-state index is 0. The van der Waals surface area contributed by atoms with E-state index in [1.54, 1.807) is 0 Å². The van der Waals surface area contributed by atoms with Crippen LogP contribution in [-0.2, 0) is 0 Å². The molecule has 0 N–H and O–H groups in total. The SMILES string of the molecule is [U+2].[c-]1ccccc1-c1[c-]c(-n2c3ccccc3c3cc(-c4ccc5c(c4)c4ccccc4n5-c4cccc5c4oc4ccccc45)ccc32)ccc1. The van der Waals surface area contributed by atoms with Crippen LogP contribution in [0.2, 0.25) is 0 Å². The van der Waals surface area contributed by atoms with E-state index in [1.807, 2.05) is 30.3 Å². The molecule has 0 saturated carbocycles. The molecule has 0 radical (unpaired) electrons. The number of para-hydroxylation sites is 4. The maximum Gasteiger partial charge on any atom is 2.00 e. The molecular weight excluding hydrogens is 859 g/mol. The molecule has 0 aliphatic heterocycles. The van der Waals surface area contributed by atoms with E-state index in [9.17, 15) is 0 Å². The second kappa shape index (κ2) is 12.2. The van der Waals surface area contributed by atoms with Crippen LogP contribution in [0.1, 0.15) is 0 Å². The molecule has 240 valence electrons. The molecule has 0 aliphatic rings. The Bertz CT molecular complexity index is 3150. The zero-order valence-corrected chi connectivity index (χ0v) is 32.1. The third kappa shape index (κ3) is 4.65. The van der Waals surface area contributed by atoms with Crippen molar-refractivity contribution in [3.63, 3.8) is 0 Å². The van der Waals surface area contributed by atoms with Gasteiger partial charge in [-0.05, 0) is 65.3 Å². The van der Waals surface area contributed by atoms with Gasteiger partial charge in [-0.15, -0.1) is 12.1 Å². The van der Waals surface area contributed by atoms with Gasteiger partial charge in [-0.1, -0.05) is 78.9 Å². The minimum atomic E-state index is 0. The largest absolute Gasteiger partial charge is 2.00 e. The second-order valence-electron chi connectivity index (χ2n) is 13.1. The molecule has 0 fully saturated rings. The van der Waals surface area contributed by atoms with E-state index >= 15 is 0 Å². The number of hydrogen-bond acceptors (Lipinski definition) is 1. The molecule has 4 heteroatoms. The van der Waals surface area contributed by atoms with Gasteiger partial charge in [-0.2, -0.15) is 42.5 Å². The van der Waals surface area contributed by atoms with Gasteiger partial charge >= 0.3 is 31.1 Å². The fourth-order valence-electron chi connectivity index (χ4n) is 8.04. The molecule has 0 amide bonds. The third-order valence-corrected chi connectivity index (χ3v) is 10.3. The molecule has 0 aliphatic carbocycles. The third-order valence-electron chi connectivity index (χ3n) is 10.3. The average molecular weight is 887 g/mol. The Balaban J connectivity index is 0.00000338. The zero-order chi connectivity index (χ0) is 33.5. The van der Waals surface area contributed by atoms with Crippen LogP contribution in [0.5, 0.6) is 0 Å². The summed E-state index contributed by atoms with van der Waals surface area (Å²) in [6.45, 7) is 0. The molecule has 0 saturated heterocycles. The molecule has 11 rings (SSSR count). The van der Waals surface area contributed by atoms with Gasteiger partial charge in [-0.3, -0.25) is 0 Å². The van der Waals surface area contributed by atoms with Gasteiger partial charge in [-0.25, -0.2) is 11.1 Å². The predicted octanol–water partition coefficient (Wildman–Crippen LogP) is 12.7. The van der Waals surface area contributed by atoms with E-state index in [0.29, 0.717) is 0 Å². The summed E-state index contributed by atoms with van der Waals surface area (Å²) >= 11 is 0. The van der Waals surface area contributed by atoms with Crippen molar-refractivity contribution in [1.82, 2.24) is 9.13 Å². The number of hydrogen-bond donors (Lipinski definition) is 0. The number of fused-ring (bicyclic) bond motifs is 9. The number of rotatable bonds is 4. The van der Waals surface area contributed by atoms with E-state index in [2.05, 4.69) is 161 Å². The van der Waals surface area contributed by atoms with Gasteiger partial charge in [0.2, 0.25) is 0 Å². The van der Waals surface area contributed by atoms with Crippen LogP contribution in [0.4, 0.5) is 0 Å². The van der Waals surface area contributed by atoms with Crippen LogP contribution in [0, 0.1) is 43.2 Å². The molecule has 3 heterocycles. The van der Waals surface area contributed by atoms with Crippen molar-refractivity contribution < 1.29 is 35.5 Å². The summed E-state index contributed by atoms with van der Waals surface area (Å²) in [4.78, 5) is 0. The minimum Gasteiger partial charge on any atom is -0.454 e. The number of nitrogens with zero attached hydrogens (tertiary/aromatic N) is 2. The molecule has 52 heavy (non-hydrogen) atoms. The van der Waals surface area contributed by atoms with Crippen LogP contribution < -0.4 is 0 Å². The first-order valence-electron chi connectivity index (χ1n) is 17.3. The van der Waals surface area contributed by atoms with Crippen molar-refractivity contribution >= 4 is 65.6 Å². The van der Waals surface area contributed by atoms with E-state index in [4.69, 9.17) is 4.42 Å². The van der Waals surface area contributed by atoms with E-state index < -0.39 is 0 Å². The van der Waals surface area contributed by atoms with Gasteiger partial charge in [0.25, 0.3) is 0 Å². The van der Waals surface area contributed by atoms with Crippen LogP contribution in [-0.4, -0.2) is 9.13 Å². The van der Waals surface area contributed by atoms with Crippen molar-refractivity contribution in [3.8, 4) is 33.6 Å². The fraction of sp³-hybridized carbons (Fsp3) is 0. The van der Waals surface area contributed by atoms with Crippen LogP contribution >= 0.6 is 0 Å². The van der Waals surface area contributed by atoms with Gasteiger partial charge in [0.15, 0.2) is 5.58 Å². The Hall–Kier alpha value is -5.79. The second-order valence-corrected chi connectivity index (χ2v) is 13.1. The summed E-state index contributed by atoms with van der Waals surface area (Å²) in [6.07, 6.45) is 0. The Morgan fingerprint density at radius 2 is 1.00 bits per heavy atom. The summed E-state index contributed by atoms with van der Waals surface area (Å²) in [5.41, 5.74) is 12.9. The van der Waals surface area contributed by atoms with Gasteiger partial charge in [0, 0.05) is 32.3 Å². The van der Waals surface area contributed by atoms with Gasteiger partial charge in [0.05, 0.1) is 27.8 Å². The van der Waals surface area contributed by atoms with Crippen molar-refractivity contribution in [2.75, 3.05) is 0 Å². The first-order valence-corrected chi connectivity index (χ1v) is 17.3. The molecule has 3 nitrogen and oxygen atoms in total. The van der Waals surface area contributed by atoms with E-state index in [-0.39, 0.29) is 31.1 Å². The molecule has 0 spiro atoms. The molecular formula is C48H28N2OU. The maximum absolute atomic E-state index is 6.51. The molecule has 11 aromatic rings. The van der Waals surface area contributed by atoms with Gasteiger partial charge < -0.3 is 13.6 Å². The van der Waals surface area contributed by atoms with Crippen molar-refractivity contribution in [2.45, 2.75) is 0 Å². The fourth-order valence-corrected chi connectivity index (χ4v) is 8.04. The Kier molecular flexibility index (Phi) is 7.25. The molecule has 8 aromatic carbocycles. The summed E-state index contributed by atoms with van der Waals surface area (Å²) in [5.74, 6) is 0. The number of aromatic nitrogens is 2. The average Bonchev–Trinajstić information content (AvgIpc) is 3.86. The van der Waals surface area contributed by atoms with Gasteiger partial charge in [0.1, 0.15) is 5.58 Å². The van der Waals surface area contributed by atoms with Crippen LogP contribution in [0.3, 0.4) is 0 Å². The summed E-state index contributed by atoms with van der Waals surface area (Å²) in [6, 6.07) is 67.3. The Labute approximate surface area is 323 Å². The molecule has 3 aromatic heterocycles. The summed E-state index contributed by atoms with van der Waals surface area (Å²) in [7, 11) is 0. The molecule has 0 atom stereocenters. The first kappa shape index (κ1) is 31.0. The molecule has 0 bridgehead atoms. The van der Waals surface area contributed by atoms with E-state index in [0.717, 1.165) is 66.5 Å². The summed E-state index contributed by atoms with van der Waals surface area (Å²) in [5, 5.41) is 7.12. The zero-order valence-electron chi connectivity index (χ0n) is 28.0. The smallest absolute Gasteiger partial charge is 0.454 e. The Morgan fingerprint density at radius 3 is 1.73 bits per heavy atom. The predicted molar refractivity (Wildman–Crippen MR) is 211 cm³/mol. The number of furan rings is 1. The Morgan fingerprint density at radius 1 is 0.423 bits per heavy atom. The first-order chi connectivity index (χ1) is 25.3.